The number of imidazole rings is 1. The molecular formula is C16H16FN3. The lowest BCUT2D eigenvalue weighted by molar-refractivity contribution is 0.627. The number of aromatic amines is 1. The molecule has 20 heavy (non-hydrogen) atoms. The number of hydrogen-bond acceptors (Lipinski definition) is 2. The van der Waals surface area contributed by atoms with Crippen molar-refractivity contribution >= 4 is 11.0 Å². The Morgan fingerprint density at radius 2 is 1.75 bits per heavy atom. The summed E-state index contributed by atoms with van der Waals surface area (Å²) in [5.41, 5.74) is 9.80. The van der Waals surface area contributed by atoms with Gasteiger partial charge in [0, 0.05) is 13.0 Å². The fraction of sp³-hybridized carbons (Fsp3) is 0.188. The Kier molecular flexibility index (Phi) is 3.48. The van der Waals surface area contributed by atoms with Gasteiger partial charge in [-0.05, 0) is 41.8 Å². The molecule has 0 saturated carbocycles. The van der Waals surface area contributed by atoms with Crippen molar-refractivity contribution in [2.75, 3.05) is 0 Å². The van der Waals surface area contributed by atoms with Crippen LogP contribution in [0.25, 0.3) is 11.0 Å². The standard InChI is InChI=1S/C16H16FN3/c17-13-5-1-11(2-6-13)4-8-16-19-14-7-3-12(10-18)9-15(14)20-16/h1-3,5-7,9H,4,8,10,18H2,(H,19,20). The summed E-state index contributed by atoms with van der Waals surface area (Å²) in [7, 11) is 0. The molecule has 0 unspecified atom stereocenters. The van der Waals surface area contributed by atoms with E-state index in [1.54, 1.807) is 0 Å². The van der Waals surface area contributed by atoms with Gasteiger partial charge in [0.25, 0.3) is 0 Å². The Morgan fingerprint density at radius 1 is 1.00 bits per heavy atom. The number of fused-ring (bicyclic) bond motifs is 1. The lowest BCUT2D eigenvalue weighted by atomic mass is 10.1. The summed E-state index contributed by atoms with van der Waals surface area (Å²) >= 11 is 0. The summed E-state index contributed by atoms with van der Waals surface area (Å²) in [6.07, 6.45) is 1.64. The molecule has 0 saturated heterocycles. The van der Waals surface area contributed by atoms with Gasteiger partial charge in [-0.2, -0.15) is 0 Å². The SMILES string of the molecule is NCc1ccc2nc(CCc3ccc(F)cc3)[nH]c2c1. The predicted molar refractivity (Wildman–Crippen MR) is 77.8 cm³/mol. The molecule has 3 aromatic rings. The molecule has 4 heteroatoms. The van der Waals surface area contributed by atoms with Gasteiger partial charge >= 0.3 is 0 Å². The van der Waals surface area contributed by atoms with Gasteiger partial charge in [-0.25, -0.2) is 9.37 Å². The summed E-state index contributed by atoms with van der Waals surface area (Å²) in [5.74, 6) is 0.741. The van der Waals surface area contributed by atoms with E-state index >= 15 is 0 Å². The minimum atomic E-state index is -0.202. The van der Waals surface area contributed by atoms with Crippen LogP contribution in [0.5, 0.6) is 0 Å². The maximum atomic E-state index is 12.8. The van der Waals surface area contributed by atoms with E-state index in [0.717, 1.165) is 40.8 Å². The second kappa shape index (κ2) is 5.43. The van der Waals surface area contributed by atoms with Crippen LogP contribution in [0.1, 0.15) is 17.0 Å². The molecule has 0 aliphatic heterocycles. The number of nitrogens with one attached hydrogen (secondary N) is 1. The van der Waals surface area contributed by atoms with Gasteiger partial charge in [0.15, 0.2) is 0 Å². The lowest BCUT2D eigenvalue weighted by Crippen LogP contribution is -1.95. The van der Waals surface area contributed by atoms with E-state index in [0.29, 0.717) is 6.54 Å². The van der Waals surface area contributed by atoms with Crippen LogP contribution in [-0.4, -0.2) is 9.97 Å². The Balaban J connectivity index is 1.75. The zero-order chi connectivity index (χ0) is 13.9. The number of H-pyrrole nitrogens is 1. The van der Waals surface area contributed by atoms with Gasteiger partial charge < -0.3 is 10.7 Å². The molecular weight excluding hydrogens is 253 g/mol. The molecule has 0 spiro atoms. The Bertz CT molecular complexity index is 716. The largest absolute Gasteiger partial charge is 0.342 e. The van der Waals surface area contributed by atoms with Crippen molar-refractivity contribution < 1.29 is 4.39 Å². The van der Waals surface area contributed by atoms with Crippen molar-refractivity contribution in [2.24, 2.45) is 5.73 Å². The van der Waals surface area contributed by atoms with E-state index in [9.17, 15) is 4.39 Å². The Hall–Kier alpha value is -2.20. The normalized spacial score (nSPS) is 11.1. The molecule has 0 radical (unpaired) electrons. The highest BCUT2D eigenvalue weighted by atomic mass is 19.1. The number of hydrogen-bond donors (Lipinski definition) is 2. The van der Waals surface area contributed by atoms with E-state index < -0.39 is 0 Å². The number of nitrogens with two attached hydrogens (primary N) is 1. The van der Waals surface area contributed by atoms with Crippen molar-refractivity contribution in [1.29, 1.82) is 0 Å². The van der Waals surface area contributed by atoms with E-state index in [4.69, 9.17) is 5.73 Å². The number of halogens is 1. The van der Waals surface area contributed by atoms with Crippen molar-refractivity contribution in [2.45, 2.75) is 19.4 Å². The van der Waals surface area contributed by atoms with Crippen LogP contribution in [0.15, 0.2) is 42.5 Å². The molecule has 0 amide bonds. The number of nitrogens with zero attached hydrogens (tertiary/aromatic N) is 1. The van der Waals surface area contributed by atoms with Crippen molar-refractivity contribution in [3.63, 3.8) is 0 Å². The highest BCUT2D eigenvalue weighted by molar-refractivity contribution is 5.75. The second-order valence-corrected chi connectivity index (χ2v) is 4.87. The zero-order valence-corrected chi connectivity index (χ0v) is 11.1. The van der Waals surface area contributed by atoms with Gasteiger partial charge in [0.1, 0.15) is 11.6 Å². The number of aryl methyl sites for hydroxylation is 2. The number of aromatic nitrogens is 2. The summed E-state index contributed by atoms with van der Waals surface area (Å²) in [4.78, 5) is 7.86. The van der Waals surface area contributed by atoms with E-state index in [-0.39, 0.29) is 5.82 Å². The molecule has 3 nitrogen and oxygen atoms in total. The van der Waals surface area contributed by atoms with Gasteiger partial charge in [0.2, 0.25) is 0 Å². The first-order valence-electron chi connectivity index (χ1n) is 6.66. The summed E-state index contributed by atoms with van der Waals surface area (Å²) < 4.78 is 12.8. The quantitative estimate of drug-likeness (QED) is 0.765. The predicted octanol–water partition coefficient (Wildman–Crippen LogP) is 2.95. The first-order valence-corrected chi connectivity index (χ1v) is 6.66. The molecule has 102 valence electrons. The average Bonchev–Trinajstić information content (AvgIpc) is 2.88. The summed E-state index contributed by atoms with van der Waals surface area (Å²) in [6, 6.07) is 12.6. The highest BCUT2D eigenvalue weighted by Crippen LogP contribution is 2.15. The fourth-order valence-electron chi connectivity index (χ4n) is 2.27. The molecule has 0 aliphatic carbocycles. The zero-order valence-electron chi connectivity index (χ0n) is 11.1. The fourth-order valence-corrected chi connectivity index (χ4v) is 2.27. The second-order valence-electron chi connectivity index (χ2n) is 4.87. The third-order valence-corrected chi connectivity index (χ3v) is 3.39. The first-order chi connectivity index (χ1) is 9.74. The topological polar surface area (TPSA) is 54.7 Å². The molecule has 3 N–H and O–H groups in total. The van der Waals surface area contributed by atoms with Crippen LogP contribution in [0.3, 0.4) is 0 Å². The molecule has 0 atom stereocenters. The number of benzene rings is 2. The number of rotatable bonds is 4. The maximum absolute atomic E-state index is 12.8. The highest BCUT2D eigenvalue weighted by Gasteiger charge is 2.04. The van der Waals surface area contributed by atoms with Gasteiger partial charge in [-0.3, -0.25) is 0 Å². The van der Waals surface area contributed by atoms with Crippen LogP contribution in [0.4, 0.5) is 4.39 Å². The van der Waals surface area contributed by atoms with Crippen LogP contribution < -0.4 is 5.73 Å². The third-order valence-electron chi connectivity index (χ3n) is 3.39. The van der Waals surface area contributed by atoms with Crippen molar-refractivity contribution in [1.82, 2.24) is 9.97 Å². The van der Waals surface area contributed by atoms with E-state index in [1.807, 2.05) is 30.3 Å². The lowest BCUT2D eigenvalue weighted by Gasteiger charge is -1.98. The average molecular weight is 269 g/mol. The van der Waals surface area contributed by atoms with Gasteiger partial charge in [0.05, 0.1) is 11.0 Å². The van der Waals surface area contributed by atoms with Crippen molar-refractivity contribution in [3.05, 3.63) is 65.2 Å². The molecule has 1 aromatic heterocycles. The van der Waals surface area contributed by atoms with Crippen LogP contribution >= 0.6 is 0 Å². The maximum Gasteiger partial charge on any atom is 0.123 e. The first kappa shape index (κ1) is 12.8. The Morgan fingerprint density at radius 3 is 2.50 bits per heavy atom. The monoisotopic (exact) mass is 269 g/mol. The van der Waals surface area contributed by atoms with E-state index in [2.05, 4.69) is 9.97 Å². The summed E-state index contributed by atoms with van der Waals surface area (Å²) in [6.45, 7) is 0.528. The molecule has 3 rings (SSSR count). The molecule has 2 aromatic carbocycles. The van der Waals surface area contributed by atoms with Crippen LogP contribution in [-0.2, 0) is 19.4 Å². The van der Waals surface area contributed by atoms with Gasteiger partial charge in [-0.1, -0.05) is 18.2 Å². The van der Waals surface area contributed by atoms with Crippen LogP contribution in [0.2, 0.25) is 0 Å². The Labute approximate surface area is 116 Å². The molecule has 0 fully saturated rings. The molecule has 0 bridgehead atoms. The summed E-state index contributed by atoms with van der Waals surface area (Å²) in [5, 5.41) is 0. The van der Waals surface area contributed by atoms with E-state index in [1.165, 1.54) is 12.1 Å². The van der Waals surface area contributed by atoms with Crippen molar-refractivity contribution in [3.8, 4) is 0 Å². The minimum absolute atomic E-state index is 0.202. The third kappa shape index (κ3) is 2.70. The molecule has 1 heterocycles. The minimum Gasteiger partial charge on any atom is -0.342 e. The van der Waals surface area contributed by atoms with Gasteiger partial charge in [-0.15, -0.1) is 0 Å². The smallest absolute Gasteiger partial charge is 0.123 e. The van der Waals surface area contributed by atoms with Crippen LogP contribution in [0, 0.1) is 5.82 Å². The molecule has 0 aliphatic rings.